The van der Waals surface area contributed by atoms with Gasteiger partial charge in [-0.2, -0.15) is 18.4 Å². The fraction of sp³-hybridized carbons (Fsp3) is 0.308. The number of ether oxygens (including phenoxy) is 1. The molecular weight excluding hydrogens is 325 g/mol. The van der Waals surface area contributed by atoms with Gasteiger partial charge in [0.2, 0.25) is 0 Å². The Morgan fingerprint density at radius 3 is 2.50 bits per heavy atom. The van der Waals surface area contributed by atoms with Crippen LogP contribution in [-0.4, -0.2) is 37.0 Å². The number of nitriles is 1. The molecule has 0 heterocycles. The topological polar surface area (TPSA) is 70.4 Å². The minimum atomic E-state index is -4.68. The number of carbonyl (C=O) groups excluding carboxylic acids is 2. The Kier molecular flexibility index (Phi) is 5.77. The van der Waals surface area contributed by atoms with Crippen molar-refractivity contribution < 1.29 is 27.5 Å². The molecule has 0 unspecified atom stereocenters. The van der Waals surface area contributed by atoms with Crippen molar-refractivity contribution in [2.24, 2.45) is 0 Å². The van der Waals surface area contributed by atoms with Crippen LogP contribution < -0.4 is 0 Å². The van der Waals surface area contributed by atoms with Crippen LogP contribution in [0.4, 0.5) is 13.2 Å². The summed E-state index contributed by atoms with van der Waals surface area (Å²) < 4.78 is 42.5. The lowest BCUT2D eigenvalue weighted by Gasteiger charge is -2.19. The van der Waals surface area contributed by atoms with E-state index in [0.717, 1.165) is 18.1 Å². The summed E-state index contributed by atoms with van der Waals surface area (Å²) in [6, 6.07) is 3.96. The lowest BCUT2D eigenvalue weighted by Crippen LogP contribution is -2.36. The molecule has 0 N–H and O–H groups in total. The van der Waals surface area contributed by atoms with E-state index in [1.54, 1.807) is 6.07 Å². The molecule has 1 aromatic rings. The summed E-state index contributed by atoms with van der Waals surface area (Å²) in [7, 11) is 1.08. The van der Waals surface area contributed by atoms with Crippen molar-refractivity contribution in [1.82, 2.24) is 4.90 Å². The summed E-state index contributed by atoms with van der Waals surface area (Å²) >= 11 is 5.59. The van der Waals surface area contributed by atoms with Gasteiger partial charge in [-0.3, -0.25) is 9.59 Å². The van der Waals surface area contributed by atoms with E-state index in [0.29, 0.717) is 12.1 Å². The number of halogens is 4. The molecule has 0 aliphatic heterocycles. The summed E-state index contributed by atoms with van der Waals surface area (Å²) in [6.07, 6.45) is -4.68. The minimum Gasteiger partial charge on any atom is -0.468 e. The van der Waals surface area contributed by atoms with Crippen LogP contribution in [-0.2, 0) is 15.7 Å². The van der Waals surface area contributed by atoms with Crippen molar-refractivity contribution in [3.63, 3.8) is 0 Å². The average Bonchev–Trinajstić information content (AvgIpc) is 2.44. The van der Waals surface area contributed by atoms with Crippen LogP contribution in [0.1, 0.15) is 15.9 Å². The molecule has 0 aromatic heterocycles. The Bertz CT molecular complexity index is 626. The number of rotatable bonds is 4. The quantitative estimate of drug-likeness (QED) is 0.626. The number of amides is 1. The molecule has 9 heteroatoms. The zero-order valence-electron chi connectivity index (χ0n) is 11.3. The summed E-state index contributed by atoms with van der Waals surface area (Å²) in [6.45, 7) is -1.04. The Labute approximate surface area is 128 Å². The maximum absolute atomic E-state index is 12.7. The second kappa shape index (κ2) is 7.13. The molecule has 5 nitrogen and oxygen atoms in total. The first-order valence-corrected chi connectivity index (χ1v) is 6.17. The highest BCUT2D eigenvalue weighted by Crippen LogP contribution is 2.32. The summed E-state index contributed by atoms with van der Waals surface area (Å²) in [4.78, 5) is 24.1. The van der Waals surface area contributed by atoms with Crippen molar-refractivity contribution in [1.29, 1.82) is 5.26 Å². The lowest BCUT2D eigenvalue weighted by molar-refractivity contribution is -0.141. The molecule has 118 valence electrons. The first-order valence-electron chi connectivity index (χ1n) is 5.80. The number of carbonyl (C=O) groups is 2. The summed E-state index contributed by atoms with van der Waals surface area (Å²) in [5.41, 5.74) is -1.47. The molecule has 0 saturated carbocycles. The first-order chi connectivity index (χ1) is 10.2. The molecule has 1 rings (SSSR count). The fourth-order valence-electron chi connectivity index (χ4n) is 1.56. The van der Waals surface area contributed by atoms with E-state index in [-0.39, 0.29) is 10.6 Å². The van der Waals surface area contributed by atoms with Gasteiger partial charge in [0.15, 0.2) is 0 Å². The predicted molar refractivity (Wildman–Crippen MR) is 70.0 cm³/mol. The molecular formula is C13H10ClF3N2O3. The highest BCUT2D eigenvalue weighted by Gasteiger charge is 2.32. The molecule has 22 heavy (non-hydrogen) atoms. The van der Waals surface area contributed by atoms with E-state index in [1.807, 2.05) is 0 Å². The molecule has 0 radical (unpaired) electrons. The Hall–Kier alpha value is -2.27. The van der Waals surface area contributed by atoms with E-state index in [4.69, 9.17) is 16.9 Å². The predicted octanol–water partition coefficient (Wildman–Crippen LogP) is 2.50. The van der Waals surface area contributed by atoms with Crippen molar-refractivity contribution in [2.45, 2.75) is 6.18 Å². The normalized spacial score (nSPS) is 10.7. The molecule has 0 fully saturated rings. The van der Waals surface area contributed by atoms with Gasteiger partial charge in [0.05, 0.1) is 18.7 Å². The lowest BCUT2D eigenvalue weighted by atomic mass is 10.1. The number of hydrogen-bond donors (Lipinski definition) is 0. The number of alkyl halides is 3. The van der Waals surface area contributed by atoms with E-state index in [9.17, 15) is 22.8 Å². The maximum atomic E-state index is 12.7. The largest absolute Gasteiger partial charge is 0.468 e. The SMILES string of the molecule is COC(=O)CN(CC#N)C(=O)c1cc(Cl)cc(C(F)(F)F)c1. The molecule has 0 bridgehead atoms. The fourth-order valence-corrected chi connectivity index (χ4v) is 1.80. The van der Waals surface area contributed by atoms with Crippen LogP contribution in [0.3, 0.4) is 0 Å². The third kappa shape index (κ3) is 4.63. The molecule has 0 saturated heterocycles. The standard InChI is InChI=1S/C13H10ClF3N2O3/c1-22-11(20)7-19(3-2-18)12(21)8-4-9(13(15,16)17)6-10(14)5-8/h4-6H,3,7H2,1H3. The van der Waals surface area contributed by atoms with Crippen molar-refractivity contribution in [3.05, 3.63) is 34.3 Å². The van der Waals surface area contributed by atoms with E-state index in [2.05, 4.69) is 4.74 Å². The number of hydrogen-bond acceptors (Lipinski definition) is 4. The summed E-state index contributed by atoms with van der Waals surface area (Å²) in [5, 5.41) is 8.37. The van der Waals surface area contributed by atoms with Crippen molar-refractivity contribution in [3.8, 4) is 6.07 Å². The van der Waals surface area contributed by atoms with Crippen molar-refractivity contribution in [2.75, 3.05) is 20.2 Å². The van der Waals surface area contributed by atoms with Crippen LogP contribution in [0, 0.1) is 11.3 Å². The number of nitrogens with zero attached hydrogens (tertiary/aromatic N) is 2. The van der Waals surface area contributed by atoms with Gasteiger partial charge in [-0.15, -0.1) is 0 Å². The van der Waals surface area contributed by atoms with Gasteiger partial charge in [-0.1, -0.05) is 11.6 Å². The molecule has 1 aromatic carbocycles. The van der Waals surface area contributed by atoms with Gasteiger partial charge < -0.3 is 9.64 Å². The van der Waals surface area contributed by atoms with Crippen LogP contribution in [0.15, 0.2) is 18.2 Å². The highest BCUT2D eigenvalue weighted by atomic mass is 35.5. The first kappa shape index (κ1) is 17.8. The van der Waals surface area contributed by atoms with Gasteiger partial charge in [0.1, 0.15) is 13.1 Å². The van der Waals surface area contributed by atoms with Crippen LogP contribution in [0.5, 0.6) is 0 Å². The van der Waals surface area contributed by atoms with Gasteiger partial charge in [-0.25, -0.2) is 0 Å². The number of benzene rings is 1. The molecule has 1 amide bonds. The number of methoxy groups -OCH3 is 1. The van der Waals surface area contributed by atoms with Gasteiger partial charge >= 0.3 is 12.1 Å². The molecule has 0 atom stereocenters. The third-order valence-electron chi connectivity index (χ3n) is 2.57. The van der Waals surface area contributed by atoms with Crippen molar-refractivity contribution >= 4 is 23.5 Å². The monoisotopic (exact) mass is 334 g/mol. The van der Waals surface area contributed by atoms with Gasteiger partial charge in [0, 0.05) is 10.6 Å². The van der Waals surface area contributed by atoms with Crippen LogP contribution >= 0.6 is 11.6 Å². The van der Waals surface area contributed by atoms with Gasteiger partial charge in [-0.05, 0) is 18.2 Å². The van der Waals surface area contributed by atoms with Gasteiger partial charge in [0.25, 0.3) is 5.91 Å². The zero-order chi connectivity index (χ0) is 16.9. The Morgan fingerprint density at radius 1 is 1.36 bits per heavy atom. The molecule has 0 spiro atoms. The summed E-state index contributed by atoms with van der Waals surface area (Å²) in [5.74, 6) is -1.73. The minimum absolute atomic E-state index is 0.284. The number of esters is 1. The Morgan fingerprint density at radius 2 is 2.00 bits per heavy atom. The smallest absolute Gasteiger partial charge is 0.416 e. The second-order valence-corrected chi connectivity index (χ2v) is 4.56. The van der Waals surface area contributed by atoms with E-state index < -0.39 is 36.7 Å². The van der Waals surface area contributed by atoms with Crippen LogP contribution in [0.2, 0.25) is 5.02 Å². The van der Waals surface area contributed by atoms with Crippen LogP contribution in [0.25, 0.3) is 0 Å². The second-order valence-electron chi connectivity index (χ2n) is 4.12. The Balaban J connectivity index is 3.16. The van der Waals surface area contributed by atoms with E-state index >= 15 is 0 Å². The third-order valence-corrected chi connectivity index (χ3v) is 2.79. The molecule has 0 aliphatic carbocycles. The average molecular weight is 335 g/mol. The maximum Gasteiger partial charge on any atom is 0.416 e. The molecule has 0 aliphatic rings. The zero-order valence-corrected chi connectivity index (χ0v) is 12.0. The van der Waals surface area contributed by atoms with E-state index in [1.165, 1.54) is 0 Å². The highest BCUT2D eigenvalue weighted by molar-refractivity contribution is 6.31.